The number of hydrogen-bond donors (Lipinski definition) is 0. The monoisotopic (exact) mass is 377 g/mol. The lowest BCUT2D eigenvalue weighted by atomic mass is 10.1. The molecule has 146 valence electrons. The molecular weight excluding hydrogens is 350 g/mol. The summed E-state index contributed by atoms with van der Waals surface area (Å²) in [6, 6.07) is 14.1. The SMILES string of the molecule is Cc1ccc2c(c1)C(=O)C(=O)N2CN(C)Cc1ccccc1N1CCCCC1. The van der Waals surface area contributed by atoms with Gasteiger partial charge in [0.1, 0.15) is 0 Å². The number of Topliss-reactive ketones (excluding diaryl/α,β-unsaturated/α-hetero) is 1. The number of rotatable bonds is 5. The first kappa shape index (κ1) is 18.7. The third-order valence-corrected chi connectivity index (χ3v) is 5.64. The van der Waals surface area contributed by atoms with Crippen molar-refractivity contribution in [3.63, 3.8) is 0 Å². The fourth-order valence-electron chi connectivity index (χ4n) is 4.22. The van der Waals surface area contributed by atoms with Crippen molar-refractivity contribution in [1.82, 2.24) is 4.90 Å². The molecule has 1 fully saturated rings. The summed E-state index contributed by atoms with van der Waals surface area (Å²) in [7, 11) is 2.00. The Hall–Kier alpha value is -2.66. The molecule has 1 saturated heterocycles. The molecule has 0 aliphatic carbocycles. The standard InChI is InChI=1S/C23H27N3O2/c1-17-10-11-21-19(14-17)22(27)23(28)26(21)16-24(2)15-18-8-4-5-9-20(18)25-12-6-3-7-13-25/h4-5,8-11,14H,3,6-7,12-13,15-16H2,1-2H3. The predicted molar refractivity (Wildman–Crippen MR) is 112 cm³/mol. The Labute approximate surface area is 166 Å². The zero-order valence-corrected chi connectivity index (χ0v) is 16.6. The third kappa shape index (κ3) is 3.54. The number of aryl methyl sites for hydroxylation is 1. The molecule has 2 aromatic rings. The number of amides is 1. The lowest BCUT2D eigenvalue weighted by molar-refractivity contribution is -0.114. The van der Waals surface area contributed by atoms with E-state index in [1.54, 1.807) is 11.0 Å². The van der Waals surface area contributed by atoms with Crippen molar-refractivity contribution < 1.29 is 9.59 Å². The van der Waals surface area contributed by atoms with Crippen molar-refractivity contribution in [2.24, 2.45) is 0 Å². The predicted octanol–water partition coefficient (Wildman–Crippen LogP) is 3.60. The Kier molecular flexibility index (Phi) is 5.18. The number of carbonyl (C=O) groups excluding carboxylic acids is 2. The normalized spacial score (nSPS) is 16.8. The topological polar surface area (TPSA) is 43.9 Å². The van der Waals surface area contributed by atoms with Crippen molar-refractivity contribution in [3.05, 3.63) is 59.2 Å². The van der Waals surface area contributed by atoms with E-state index in [1.165, 1.54) is 30.5 Å². The van der Waals surface area contributed by atoms with Crippen molar-refractivity contribution in [2.45, 2.75) is 32.7 Å². The highest BCUT2D eigenvalue weighted by molar-refractivity contribution is 6.52. The van der Waals surface area contributed by atoms with Crippen LogP contribution in [-0.2, 0) is 11.3 Å². The van der Waals surface area contributed by atoms with Crippen LogP contribution in [0.4, 0.5) is 11.4 Å². The van der Waals surface area contributed by atoms with Crippen molar-refractivity contribution in [1.29, 1.82) is 0 Å². The molecule has 0 unspecified atom stereocenters. The zero-order valence-electron chi connectivity index (χ0n) is 16.6. The van der Waals surface area contributed by atoms with E-state index in [-0.39, 0.29) is 0 Å². The van der Waals surface area contributed by atoms with Gasteiger partial charge in [-0.05, 0) is 57.0 Å². The number of hydrogen-bond acceptors (Lipinski definition) is 4. The maximum atomic E-state index is 12.5. The van der Waals surface area contributed by atoms with Gasteiger partial charge >= 0.3 is 5.91 Å². The zero-order chi connectivity index (χ0) is 19.7. The Morgan fingerprint density at radius 3 is 2.50 bits per heavy atom. The van der Waals surface area contributed by atoms with Crippen LogP contribution in [0.5, 0.6) is 0 Å². The molecule has 2 aromatic carbocycles. The number of carbonyl (C=O) groups is 2. The average molecular weight is 377 g/mol. The maximum absolute atomic E-state index is 12.5. The quantitative estimate of drug-likeness (QED) is 0.747. The Bertz CT molecular complexity index is 902. The minimum absolute atomic E-state index is 0.398. The minimum atomic E-state index is -0.434. The molecule has 5 nitrogen and oxygen atoms in total. The van der Waals surface area contributed by atoms with E-state index in [2.05, 4.69) is 34.1 Å². The first-order valence-electron chi connectivity index (χ1n) is 10.0. The number of benzene rings is 2. The second-order valence-corrected chi connectivity index (χ2v) is 7.91. The highest BCUT2D eigenvalue weighted by atomic mass is 16.2. The second kappa shape index (κ2) is 7.76. The van der Waals surface area contributed by atoms with Crippen LogP contribution in [0.1, 0.15) is 40.7 Å². The maximum Gasteiger partial charge on any atom is 0.300 e. The van der Waals surface area contributed by atoms with Crippen molar-refractivity contribution in [2.75, 3.05) is 36.6 Å². The molecule has 1 amide bonds. The summed E-state index contributed by atoms with van der Waals surface area (Å²) < 4.78 is 0. The molecule has 0 saturated carbocycles. The molecule has 2 aliphatic rings. The van der Waals surface area contributed by atoms with Gasteiger partial charge in [0.15, 0.2) is 0 Å². The molecule has 0 aromatic heterocycles. The Morgan fingerprint density at radius 1 is 0.964 bits per heavy atom. The van der Waals surface area contributed by atoms with Gasteiger partial charge in [0, 0.05) is 25.3 Å². The molecule has 2 heterocycles. The minimum Gasteiger partial charge on any atom is -0.371 e. The molecule has 0 N–H and O–H groups in total. The van der Waals surface area contributed by atoms with Gasteiger partial charge in [-0.15, -0.1) is 0 Å². The first-order valence-corrected chi connectivity index (χ1v) is 10.0. The summed E-state index contributed by atoms with van der Waals surface area (Å²) in [6.07, 6.45) is 3.79. The van der Waals surface area contributed by atoms with E-state index in [0.717, 1.165) is 30.9 Å². The smallest absolute Gasteiger partial charge is 0.300 e. The summed E-state index contributed by atoms with van der Waals surface area (Å²) in [5.41, 5.74) is 4.78. The molecule has 2 aliphatic heterocycles. The lowest BCUT2D eigenvalue weighted by Crippen LogP contribution is -2.39. The van der Waals surface area contributed by atoms with Gasteiger partial charge < -0.3 is 4.90 Å². The van der Waals surface area contributed by atoms with Crippen molar-refractivity contribution in [3.8, 4) is 0 Å². The van der Waals surface area contributed by atoms with Crippen LogP contribution in [0.2, 0.25) is 0 Å². The molecular formula is C23H27N3O2. The number of para-hydroxylation sites is 1. The average Bonchev–Trinajstić information content (AvgIpc) is 2.93. The Balaban J connectivity index is 1.51. The van der Waals surface area contributed by atoms with E-state index >= 15 is 0 Å². The summed E-state index contributed by atoms with van der Waals surface area (Å²) in [6.45, 7) is 5.27. The number of anilines is 2. The molecule has 4 rings (SSSR count). The van der Waals surface area contributed by atoms with Crippen LogP contribution in [0.25, 0.3) is 0 Å². The van der Waals surface area contributed by atoms with Crippen molar-refractivity contribution >= 4 is 23.1 Å². The van der Waals surface area contributed by atoms with Crippen LogP contribution in [-0.4, -0.2) is 43.4 Å². The van der Waals surface area contributed by atoms with Crippen LogP contribution in [0.15, 0.2) is 42.5 Å². The fourth-order valence-corrected chi connectivity index (χ4v) is 4.22. The van der Waals surface area contributed by atoms with Crippen LogP contribution >= 0.6 is 0 Å². The first-order chi connectivity index (χ1) is 13.5. The summed E-state index contributed by atoms with van der Waals surface area (Å²) in [5, 5.41) is 0. The lowest BCUT2D eigenvalue weighted by Gasteiger charge is -2.32. The number of nitrogens with zero attached hydrogens (tertiary/aromatic N) is 3. The second-order valence-electron chi connectivity index (χ2n) is 7.91. The van der Waals surface area contributed by atoms with E-state index in [0.29, 0.717) is 12.2 Å². The molecule has 5 heteroatoms. The van der Waals surface area contributed by atoms with Gasteiger partial charge in [-0.1, -0.05) is 29.8 Å². The molecule has 0 atom stereocenters. The van der Waals surface area contributed by atoms with Crippen LogP contribution in [0, 0.1) is 6.92 Å². The molecule has 0 radical (unpaired) electrons. The van der Waals surface area contributed by atoms with Gasteiger partial charge in [0.25, 0.3) is 5.78 Å². The summed E-state index contributed by atoms with van der Waals surface area (Å²) in [4.78, 5) is 31.0. The highest BCUT2D eigenvalue weighted by Crippen LogP contribution is 2.30. The van der Waals surface area contributed by atoms with Crippen LogP contribution < -0.4 is 9.80 Å². The largest absolute Gasteiger partial charge is 0.371 e. The fraction of sp³-hybridized carbons (Fsp3) is 0.391. The third-order valence-electron chi connectivity index (χ3n) is 5.64. The number of ketones is 1. The Morgan fingerprint density at radius 2 is 1.71 bits per heavy atom. The van der Waals surface area contributed by atoms with Gasteiger partial charge in [0.2, 0.25) is 0 Å². The molecule has 0 spiro atoms. The van der Waals surface area contributed by atoms with E-state index in [1.807, 2.05) is 26.1 Å². The van der Waals surface area contributed by atoms with E-state index in [4.69, 9.17) is 0 Å². The number of fused-ring (bicyclic) bond motifs is 1. The highest BCUT2D eigenvalue weighted by Gasteiger charge is 2.36. The van der Waals surface area contributed by atoms with E-state index in [9.17, 15) is 9.59 Å². The van der Waals surface area contributed by atoms with Crippen LogP contribution in [0.3, 0.4) is 0 Å². The summed E-state index contributed by atoms with van der Waals surface area (Å²) >= 11 is 0. The van der Waals surface area contributed by atoms with Gasteiger partial charge in [0.05, 0.1) is 17.9 Å². The van der Waals surface area contributed by atoms with Gasteiger partial charge in [-0.2, -0.15) is 0 Å². The molecule has 0 bridgehead atoms. The van der Waals surface area contributed by atoms with Gasteiger partial charge in [-0.25, -0.2) is 0 Å². The summed E-state index contributed by atoms with van der Waals surface area (Å²) in [5.74, 6) is -0.836. The van der Waals surface area contributed by atoms with Gasteiger partial charge in [-0.3, -0.25) is 19.4 Å². The molecule has 28 heavy (non-hydrogen) atoms. The van der Waals surface area contributed by atoms with E-state index < -0.39 is 11.7 Å². The number of piperidine rings is 1.